The number of carbonyl (C=O) groups is 4. The fourth-order valence-corrected chi connectivity index (χ4v) is 7.25. The molecule has 5 rings (SSSR count). The Kier molecular flexibility index (Phi) is 11.1. The largest absolute Gasteiger partial charge is 0.477 e. The number of benzene rings is 2. The van der Waals surface area contributed by atoms with Crippen LogP contribution in [0.1, 0.15) is 48.2 Å². The van der Waals surface area contributed by atoms with Crippen LogP contribution >= 0.6 is 34.4 Å². The molecule has 0 aliphatic carbocycles. The lowest BCUT2D eigenvalue weighted by atomic mass is 10.1. The molecule has 3 amide bonds. The highest BCUT2D eigenvalue weighted by atomic mass is 127. The van der Waals surface area contributed by atoms with E-state index < -0.39 is 22.3 Å². The third-order valence-corrected chi connectivity index (χ3v) is 9.94. The van der Waals surface area contributed by atoms with Crippen LogP contribution in [0.2, 0.25) is 0 Å². The Morgan fingerprint density at radius 3 is 2.30 bits per heavy atom. The molecule has 1 fully saturated rings. The number of unbranched alkanes of at least 4 members (excludes halogenated alkanes) is 1. The number of aromatic nitrogens is 2. The quantitative estimate of drug-likeness (QED) is 0.105. The lowest BCUT2D eigenvalue weighted by Gasteiger charge is -2.50. The van der Waals surface area contributed by atoms with Crippen LogP contribution in [0.3, 0.4) is 0 Å². The number of β-lactam (4-membered cyclic amide) rings is 1. The predicted molar refractivity (Wildman–Crippen MR) is 175 cm³/mol. The highest BCUT2D eigenvalue weighted by molar-refractivity contribution is 14.1. The zero-order valence-electron chi connectivity index (χ0n) is 24.6. The molecule has 0 radical (unpaired) electrons. The van der Waals surface area contributed by atoms with E-state index in [0.717, 1.165) is 6.42 Å². The van der Waals surface area contributed by atoms with Gasteiger partial charge in [-0.05, 0) is 24.5 Å². The number of carboxylic acid groups (broad SMARTS) is 1. The maximum atomic E-state index is 12.4. The van der Waals surface area contributed by atoms with Gasteiger partial charge in [-0.15, -0.1) is 11.8 Å². The van der Waals surface area contributed by atoms with Crippen molar-refractivity contribution >= 4 is 64.4 Å². The molecule has 2 aliphatic rings. The van der Waals surface area contributed by atoms with Gasteiger partial charge in [0.25, 0.3) is 0 Å². The van der Waals surface area contributed by atoms with Crippen LogP contribution in [0, 0.1) is 0 Å². The van der Waals surface area contributed by atoms with Crippen LogP contribution in [0.15, 0.2) is 83.6 Å². The molecule has 2 aromatic carbocycles. The van der Waals surface area contributed by atoms with Crippen LogP contribution < -0.4 is 10.8 Å². The Bertz CT molecular complexity index is 1570. The number of nitrogens with zero attached hydrogens (tertiary/aromatic N) is 4. The number of fused-ring (bicyclic) bond motifs is 1. The topological polar surface area (TPSA) is 135 Å². The highest BCUT2D eigenvalue weighted by Crippen LogP contribution is 2.50. The number of carboxylic acids is 1. The lowest BCUT2D eigenvalue weighted by molar-refractivity contribution is -0.146. The Hall–Kier alpha value is -3.85. The van der Waals surface area contributed by atoms with Gasteiger partial charge in [0.2, 0.25) is 12.3 Å². The van der Waals surface area contributed by atoms with Gasteiger partial charge < -0.3 is 15.2 Å². The Morgan fingerprint density at radius 2 is 1.77 bits per heavy atom. The number of amides is 3. The minimum Gasteiger partial charge on any atom is -0.477 e. The molecule has 3 heterocycles. The van der Waals surface area contributed by atoms with Gasteiger partial charge in [-0.2, -0.15) is 4.99 Å². The number of thioether (sulfide) groups is 1. The lowest BCUT2D eigenvalue weighted by Crippen LogP contribution is -2.61. The summed E-state index contributed by atoms with van der Waals surface area (Å²) < 4.78 is 8.57. The third kappa shape index (κ3) is 7.26. The molecule has 44 heavy (non-hydrogen) atoms. The van der Waals surface area contributed by atoms with Crippen molar-refractivity contribution < 1.29 is 29.0 Å². The average Bonchev–Trinajstić information content (AvgIpc) is 3.36. The first kappa shape index (κ1) is 33.1. The molecule has 2 atom stereocenters. The van der Waals surface area contributed by atoms with Gasteiger partial charge >= 0.3 is 12.1 Å². The first-order valence-electron chi connectivity index (χ1n) is 14.0. The standard InChI is InChI=1S/C18H23N5O6S.C13H11I/c1-4-5-8-29-17(28)20-18(2)15(22-7-6-11(19-10-24)21(22)3)14(16(26)27)23-12(25)9-13(23)30-18;14-13(11-7-3-1-4-8-11)12-9-5-2-6-10-12/h6-7,10,13H,4-5,8-9H2,1-3H3,(H,20,28)(H,26,27);1-10,13H/t13-,18?;/m1./s1. The average molecular weight is 732 g/mol. The van der Waals surface area contributed by atoms with E-state index in [1.807, 2.05) is 6.92 Å². The van der Waals surface area contributed by atoms with Crippen molar-refractivity contribution in [3.8, 4) is 0 Å². The molecular weight excluding hydrogens is 697 g/mol. The van der Waals surface area contributed by atoms with Crippen LogP contribution in [0.25, 0.3) is 5.70 Å². The summed E-state index contributed by atoms with van der Waals surface area (Å²) in [6.45, 7) is 3.87. The molecule has 1 saturated heterocycles. The minimum atomic E-state index is -1.31. The summed E-state index contributed by atoms with van der Waals surface area (Å²) in [5.74, 6) is -1.62. The van der Waals surface area contributed by atoms with Crippen molar-refractivity contribution in [2.24, 2.45) is 12.0 Å². The van der Waals surface area contributed by atoms with Gasteiger partial charge in [0.05, 0.1) is 22.3 Å². The van der Waals surface area contributed by atoms with Crippen LogP contribution in [-0.2, 0) is 26.2 Å². The number of hydrogen-bond donors (Lipinski definition) is 2. The number of alkyl halides is 1. The fraction of sp³-hybridized carbons (Fsp3) is 0.323. The van der Waals surface area contributed by atoms with E-state index in [-0.39, 0.29) is 35.8 Å². The van der Waals surface area contributed by atoms with Gasteiger partial charge in [-0.1, -0.05) is 96.6 Å². The number of alkyl carbamates (subject to hydrolysis) is 1. The molecule has 0 saturated carbocycles. The molecule has 1 unspecified atom stereocenters. The molecular formula is C31H34IN5O6S. The van der Waals surface area contributed by atoms with Crippen LogP contribution in [0.5, 0.6) is 0 Å². The maximum Gasteiger partial charge on any atom is 0.408 e. The van der Waals surface area contributed by atoms with Crippen molar-refractivity contribution in [3.63, 3.8) is 0 Å². The predicted octanol–water partition coefficient (Wildman–Crippen LogP) is 4.90. The summed E-state index contributed by atoms with van der Waals surface area (Å²) in [5, 5.41) is 12.3. The van der Waals surface area contributed by atoms with Crippen molar-refractivity contribution in [1.82, 2.24) is 19.6 Å². The van der Waals surface area contributed by atoms with Crippen molar-refractivity contribution in [1.29, 1.82) is 0 Å². The summed E-state index contributed by atoms with van der Waals surface area (Å²) in [6.07, 6.45) is 2.93. The summed E-state index contributed by atoms with van der Waals surface area (Å²) >= 11 is 3.72. The van der Waals surface area contributed by atoms with E-state index in [9.17, 15) is 24.3 Å². The van der Waals surface area contributed by atoms with Gasteiger partial charge in [-0.25, -0.2) is 9.59 Å². The Labute approximate surface area is 273 Å². The highest BCUT2D eigenvalue weighted by Gasteiger charge is 2.54. The summed E-state index contributed by atoms with van der Waals surface area (Å²) in [4.78, 5) is 51.3. The molecule has 2 N–H and O–H groups in total. The number of ether oxygens (including phenoxy) is 1. The number of nitrogens with one attached hydrogen (secondary N) is 1. The molecule has 232 valence electrons. The third-order valence-electron chi connectivity index (χ3n) is 7.09. The second-order valence-electron chi connectivity index (χ2n) is 10.2. The smallest absolute Gasteiger partial charge is 0.408 e. The maximum absolute atomic E-state index is 12.4. The summed E-state index contributed by atoms with van der Waals surface area (Å²) in [7, 11) is 1.59. The fourth-order valence-electron chi connectivity index (χ4n) is 4.88. The van der Waals surface area contributed by atoms with E-state index in [4.69, 9.17) is 4.74 Å². The molecule has 1 aromatic heterocycles. The molecule has 0 spiro atoms. The SMILES string of the molecule is CCCCOC(=O)NC1(C)S[C@@H]2CC(=O)N2C(C(=O)O)=C1n1ccc(=NC=O)n1C.IC(c1ccccc1)c1ccccc1. The zero-order chi connectivity index (χ0) is 31.9. The first-order valence-corrected chi connectivity index (χ1v) is 16.1. The first-order chi connectivity index (χ1) is 21.1. The Balaban J connectivity index is 0.000000262. The van der Waals surface area contributed by atoms with E-state index >= 15 is 0 Å². The van der Waals surface area contributed by atoms with E-state index in [1.165, 1.54) is 49.4 Å². The zero-order valence-corrected chi connectivity index (χ0v) is 27.5. The van der Waals surface area contributed by atoms with Crippen LogP contribution in [-0.4, -0.2) is 60.6 Å². The molecule has 0 bridgehead atoms. The van der Waals surface area contributed by atoms with Gasteiger partial charge in [0.15, 0.2) is 11.2 Å². The second kappa shape index (κ2) is 14.8. The molecule has 3 aromatic rings. The van der Waals surface area contributed by atoms with Crippen molar-refractivity contribution in [2.75, 3.05) is 6.61 Å². The van der Waals surface area contributed by atoms with Crippen molar-refractivity contribution in [2.45, 2.75) is 47.3 Å². The monoisotopic (exact) mass is 731 g/mol. The van der Waals surface area contributed by atoms with Gasteiger partial charge in [-0.3, -0.25) is 23.9 Å². The van der Waals surface area contributed by atoms with E-state index in [2.05, 4.69) is 93.6 Å². The second-order valence-corrected chi connectivity index (χ2v) is 13.0. The van der Waals surface area contributed by atoms with Gasteiger partial charge in [0, 0.05) is 19.3 Å². The molecule has 13 heteroatoms. The number of rotatable bonds is 9. The van der Waals surface area contributed by atoms with Crippen LogP contribution in [0.4, 0.5) is 4.79 Å². The number of halogens is 1. The molecule has 2 aliphatic heterocycles. The van der Waals surface area contributed by atoms with Gasteiger partial charge in [0.1, 0.15) is 10.6 Å². The van der Waals surface area contributed by atoms with E-state index in [1.54, 1.807) is 14.0 Å². The summed E-state index contributed by atoms with van der Waals surface area (Å²) in [6, 6.07) is 22.7. The Morgan fingerprint density at radius 1 is 1.16 bits per heavy atom. The normalized spacial score (nSPS) is 19.5. The number of aliphatic carboxylic acids is 1. The van der Waals surface area contributed by atoms with Crippen molar-refractivity contribution in [3.05, 3.63) is 95.2 Å². The van der Waals surface area contributed by atoms with E-state index in [0.29, 0.717) is 16.8 Å². The molecule has 11 nitrogen and oxygen atoms in total. The summed E-state index contributed by atoms with van der Waals surface area (Å²) in [5.41, 5.74) is 2.90. The number of carbonyl (C=O) groups excluding carboxylic acids is 3. The minimum absolute atomic E-state index is 0.145. The number of hydrogen-bond acceptors (Lipinski definition) is 6.